The Balaban J connectivity index is 0.00000364. The van der Waals surface area contributed by atoms with Crippen LogP contribution in [0.5, 0.6) is 5.75 Å². The first-order chi connectivity index (χ1) is 12.6. The van der Waals surface area contributed by atoms with Crippen molar-refractivity contribution in [1.82, 2.24) is 10.2 Å². The number of aliphatic imine (C=N–C) groups is 1. The smallest absolute Gasteiger partial charge is 0.217 e. The lowest BCUT2D eigenvalue weighted by molar-refractivity contribution is -0.119. The molecule has 1 aromatic carbocycles. The van der Waals surface area contributed by atoms with Crippen LogP contribution in [0.25, 0.3) is 0 Å². The van der Waals surface area contributed by atoms with Gasteiger partial charge in [0.05, 0.1) is 6.61 Å². The van der Waals surface area contributed by atoms with E-state index in [4.69, 9.17) is 10.5 Å². The Hall–Kier alpha value is -1.58. The van der Waals surface area contributed by atoms with Crippen LogP contribution < -0.4 is 15.8 Å². The van der Waals surface area contributed by atoms with Crippen molar-refractivity contribution in [2.24, 2.45) is 16.6 Å². The minimum absolute atomic E-state index is 0. The van der Waals surface area contributed by atoms with Gasteiger partial charge in [-0.25, -0.2) is 4.39 Å². The summed E-state index contributed by atoms with van der Waals surface area (Å²) < 4.78 is 18.4. The lowest BCUT2D eigenvalue weighted by Gasteiger charge is -2.34. The van der Waals surface area contributed by atoms with Crippen LogP contribution in [0, 0.1) is 11.7 Å². The van der Waals surface area contributed by atoms with Gasteiger partial charge in [0, 0.05) is 39.0 Å². The van der Waals surface area contributed by atoms with Gasteiger partial charge < -0.3 is 20.7 Å². The zero-order valence-corrected chi connectivity index (χ0v) is 18.2. The van der Waals surface area contributed by atoms with E-state index >= 15 is 0 Å². The Bertz CT molecular complexity index is 598. The molecule has 6 nitrogen and oxygen atoms in total. The summed E-state index contributed by atoms with van der Waals surface area (Å²) in [5, 5.41) is 3.32. The van der Waals surface area contributed by atoms with Gasteiger partial charge in [0.1, 0.15) is 11.6 Å². The SMILES string of the molecule is CCNC(=NCCCOc1ccc(F)cc1)N1CCCC(CC(N)=O)C1.I. The first-order valence-electron chi connectivity index (χ1n) is 9.28. The van der Waals surface area contributed by atoms with Crippen LogP contribution in [0.2, 0.25) is 0 Å². The maximum atomic E-state index is 12.9. The molecule has 0 radical (unpaired) electrons. The Morgan fingerprint density at radius 3 is 2.81 bits per heavy atom. The molecule has 1 unspecified atom stereocenters. The topological polar surface area (TPSA) is 80.0 Å². The molecule has 2 rings (SSSR count). The van der Waals surface area contributed by atoms with E-state index in [2.05, 4.69) is 15.2 Å². The molecule has 1 fully saturated rings. The van der Waals surface area contributed by atoms with Gasteiger partial charge in [0.25, 0.3) is 0 Å². The number of carbonyl (C=O) groups excluding carboxylic acids is 1. The number of likely N-dealkylation sites (tertiary alicyclic amines) is 1. The van der Waals surface area contributed by atoms with Gasteiger partial charge in [-0.15, -0.1) is 24.0 Å². The Morgan fingerprint density at radius 1 is 1.41 bits per heavy atom. The highest BCUT2D eigenvalue weighted by molar-refractivity contribution is 14.0. The van der Waals surface area contributed by atoms with Crippen molar-refractivity contribution < 1.29 is 13.9 Å². The molecule has 27 heavy (non-hydrogen) atoms. The third-order valence-corrected chi connectivity index (χ3v) is 4.29. The van der Waals surface area contributed by atoms with Gasteiger partial charge in [-0.2, -0.15) is 0 Å². The molecule has 1 aromatic rings. The summed E-state index contributed by atoms with van der Waals surface area (Å²) in [7, 11) is 0. The summed E-state index contributed by atoms with van der Waals surface area (Å²) in [6, 6.07) is 6.01. The summed E-state index contributed by atoms with van der Waals surface area (Å²) in [5.74, 6) is 1.33. The number of hydrogen-bond donors (Lipinski definition) is 2. The van der Waals surface area contributed by atoms with Crippen molar-refractivity contribution in [3.05, 3.63) is 30.1 Å². The van der Waals surface area contributed by atoms with Crippen molar-refractivity contribution in [3.63, 3.8) is 0 Å². The average Bonchev–Trinajstić information content (AvgIpc) is 2.62. The maximum absolute atomic E-state index is 12.9. The number of benzene rings is 1. The molecule has 152 valence electrons. The summed E-state index contributed by atoms with van der Waals surface area (Å²) in [5.41, 5.74) is 5.34. The number of carbonyl (C=O) groups is 1. The number of nitrogens with two attached hydrogens (primary N) is 1. The number of amides is 1. The van der Waals surface area contributed by atoms with Crippen LogP contribution in [0.4, 0.5) is 4.39 Å². The van der Waals surface area contributed by atoms with Crippen LogP contribution >= 0.6 is 24.0 Å². The van der Waals surface area contributed by atoms with Crippen molar-refractivity contribution in [2.45, 2.75) is 32.6 Å². The number of primary amides is 1. The van der Waals surface area contributed by atoms with E-state index < -0.39 is 0 Å². The summed E-state index contributed by atoms with van der Waals surface area (Å²) in [4.78, 5) is 18.1. The van der Waals surface area contributed by atoms with E-state index in [0.29, 0.717) is 31.2 Å². The minimum Gasteiger partial charge on any atom is -0.494 e. The van der Waals surface area contributed by atoms with Crippen molar-refractivity contribution in [3.8, 4) is 5.75 Å². The molecule has 3 N–H and O–H groups in total. The molecule has 1 atom stereocenters. The van der Waals surface area contributed by atoms with Crippen LogP contribution in [-0.4, -0.2) is 49.6 Å². The standard InChI is InChI=1S/C19H29FN4O2.HI/c1-2-22-19(24-11-3-5-15(14-24)13-18(21)25)23-10-4-12-26-17-8-6-16(20)7-9-17;/h6-9,15H,2-5,10-14H2,1H3,(H2,21,25)(H,22,23);1H. The van der Waals surface area contributed by atoms with Crippen LogP contribution in [0.3, 0.4) is 0 Å². The molecule has 0 bridgehead atoms. The number of piperidine rings is 1. The van der Waals surface area contributed by atoms with Gasteiger partial charge in [0.2, 0.25) is 5.91 Å². The first kappa shape index (κ1) is 23.5. The van der Waals surface area contributed by atoms with Crippen molar-refractivity contribution in [1.29, 1.82) is 0 Å². The highest BCUT2D eigenvalue weighted by Crippen LogP contribution is 2.19. The Kier molecular flexibility index (Phi) is 11.1. The number of nitrogens with one attached hydrogen (secondary N) is 1. The van der Waals surface area contributed by atoms with Crippen LogP contribution in [0.15, 0.2) is 29.3 Å². The number of hydrogen-bond acceptors (Lipinski definition) is 3. The van der Waals surface area contributed by atoms with Gasteiger partial charge in [-0.1, -0.05) is 0 Å². The second kappa shape index (κ2) is 12.7. The third kappa shape index (κ3) is 8.77. The minimum atomic E-state index is -0.270. The quantitative estimate of drug-likeness (QED) is 0.253. The molecule has 0 aromatic heterocycles. The molecule has 1 aliphatic rings. The lowest BCUT2D eigenvalue weighted by Crippen LogP contribution is -2.47. The average molecular weight is 492 g/mol. The molecular formula is C19H30FIN4O2. The molecule has 1 heterocycles. The number of nitrogens with zero attached hydrogens (tertiary/aromatic N) is 2. The molecule has 1 saturated heterocycles. The monoisotopic (exact) mass is 492 g/mol. The summed E-state index contributed by atoms with van der Waals surface area (Å²) in [6.45, 7) is 5.74. The second-order valence-electron chi connectivity index (χ2n) is 6.52. The maximum Gasteiger partial charge on any atom is 0.217 e. The summed E-state index contributed by atoms with van der Waals surface area (Å²) in [6.07, 6.45) is 3.27. The fraction of sp³-hybridized carbons (Fsp3) is 0.579. The fourth-order valence-electron chi connectivity index (χ4n) is 3.10. The Morgan fingerprint density at radius 2 is 2.15 bits per heavy atom. The molecule has 8 heteroatoms. The number of halogens is 2. The lowest BCUT2D eigenvalue weighted by atomic mass is 9.95. The predicted octanol–water partition coefficient (Wildman–Crippen LogP) is 2.77. The third-order valence-electron chi connectivity index (χ3n) is 4.29. The highest BCUT2D eigenvalue weighted by atomic mass is 127. The molecular weight excluding hydrogens is 462 g/mol. The van der Waals surface area contributed by atoms with Crippen molar-refractivity contribution in [2.75, 3.05) is 32.8 Å². The van der Waals surface area contributed by atoms with Gasteiger partial charge in [0.15, 0.2) is 5.96 Å². The first-order valence-corrected chi connectivity index (χ1v) is 9.28. The normalized spacial score (nSPS) is 17.2. The zero-order chi connectivity index (χ0) is 18.8. The number of ether oxygens (including phenoxy) is 1. The zero-order valence-electron chi connectivity index (χ0n) is 15.8. The number of guanidine groups is 1. The molecule has 0 saturated carbocycles. The molecule has 0 aliphatic carbocycles. The second-order valence-corrected chi connectivity index (χ2v) is 6.52. The molecule has 1 aliphatic heterocycles. The van der Waals surface area contributed by atoms with Crippen LogP contribution in [0.1, 0.15) is 32.6 Å². The summed E-state index contributed by atoms with van der Waals surface area (Å²) >= 11 is 0. The van der Waals surface area contributed by atoms with Crippen molar-refractivity contribution >= 4 is 35.8 Å². The molecule has 1 amide bonds. The van der Waals surface area contributed by atoms with E-state index in [9.17, 15) is 9.18 Å². The van der Waals surface area contributed by atoms with E-state index in [-0.39, 0.29) is 35.7 Å². The Labute approximate surface area is 177 Å². The van der Waals surface area contributed by atoms with E-state index in [1.54, 1.807) is 12.1 Å². The van der Waals surface area contributed by atoms with E-state index in [0.717, 1.165) is 44.9 Å². The van der Waals surface area contributed by atoms with E-state index in [1.807, 2.05) is 6.92 Å². The van der Waals surface area contributed by atoms with Gasteiger partial charge >= 0.3 is 0 Å². The fourth-order valence-corrected chi connectivity index (χ4v) is 3.10. The largest absolute Gasteiger partial charge is 0.494 e. The highest BCUT2D eigenvalue weighted by Gasteiger charge is 2.23. The molecule has 0 spiro atoms. The van der Waals surface area contributed by atoms with Crippen LogP contribution in [-0.2, 0) is 4.79 Å². The van der Waals surface area contributed by atoms with Gasteiger partial charge in [-0.05, 0) is 49.9 Å². The predicted molar refractivity (Wildman–Crippen MR) is 116 cm³/mol. The van der Waals surface area contributed by atoms with E-state index in [1.165, 1.54) is 12.1 Å². The number of rotatable bonds is 8. The van der Waals surface area contributed by atoms with Gasteiger partial charge in [-0.3, -0.25) is 9.79 Å².